The third-order valence-electron chi connectivity index (χ3n) is 3.24. The molecule has 1 saturated carbocycles. The van der Waals surface area contributed by atoms with Gasteiger partial charge in [0.05, 0.1) is 5.54 Å². The summed E-state index contributed by atoms with van der Waals surface area (Å²) in [7, 11) is 0. The summed E-state index contributed by atoms with van der Waals surface area (Å²) in [6, 6.07) is 5.50. The maximum absolute atomic E-state index is 9.79. The monoisotopic (exact) mass is 255 g/mol. The molecule has 1 atom stereocenters. The highest BCUT2D eigenvalue weighted by Gasteiger charge is 2.60. The molecule has 14 heavy (non-hydrogen) atoms. The van der Waals surface area contributed by atoms with E-state index in [1.165, 1.54) is 0 Å². The number of phenolic OH excluding ortho intramolecular Hbond substituents is 1. The Morgan fingerprint density at radius 2 is 2.00 bits per heavy atom. The van der Waals surface area contributed by atoms with Crippen molar-refractivity contribution in [2.24, 2.45) is 11.1 Å². The van der Waals surface area contributed by atoms with Crippen LogP contribution >= 0.6 is 15.9 Å². The van der Waals surface area contributed by atoms with Gasteiger partial charge in [0.25, 0.3) is 0 Å². The SMILES string of the molecule is CC1(C)CC1(N)c1ccc(Br)cc1O. The van der Waals surface area contributed by atoms with Crippen LogP contribution in [0.5, 0.6) is 5.75 Å². The van der Waals surface area contributed by atoms with Gasteiger partial charge >= 0.3 is 0 Å². The van der Waals surface area contributed by atoms with Crippen molar-refractivity contribution < 1.29 is 5.11 Å². The van der Waals surface area contributed by atoms with Crippen LogP contribution in [0.2, 0.25) is 0 Å². The van der Waals surface area contributed by atoms with E-state index < -0.39 is 0 Å². The van der Waals surface area contributed by atoms with E-state index in [4.69, 9.17) is 5.73 Å². The molecule has 2 rings (SSSR count). The molecule has 0 radical (unpaired) electrons. The largest absolute Gasteiger partial charge is 0.508 e. The summed E-state index contributed by atoms with van der Waals surface area (Å²) in [5.41, 5.74) is 6.82. The van der Waals surface area contributed by atoms with Crippen molar-refractivity contribution in [2.75, 3.05) is 0 Å². The van der Waals surface area contributed by atoms with Crippen molar-refractivity contribution in [2.45, 2.75) is 25.8 Å². The summed E-state index contributed by atoms with van der Waals surface area (Å²) in [5.74, 6) is 0.285. The van der Waals surface area contributed by atoms with E-state index in [1.54, 1.807) is 6.07 Å². The minimum atomic E-state index is -0.349. The van der Waals surface area contributed by atoms with Gasteiger partial charge in [0.15, 0.2) is 0 Å². The number of rotatable bonds is 1. The van der Waals surface area contributed by atoms with Crippen LogP contribution in [0.25, 0.3) is 0 Å². The summed E-state index contributed by atoms with van der Waals surface area (Å²) < 4.78 is 0.876. The summed E-state index contributed by atoms with van der Waals surface area (Å²) >= 11 is 3.31. The van der Waals surface area contributed by atoms with Crippen molar-refractivity contribution in [3.8, 4) is 5.75 Å². The van der Waals surface area contributed by atoms with Gasteiger partial charge in [-0.15, -0.1) is 0 Å². The number of halogens is 1. The average Bonchev–Trinajstić information content (AvgIpc) is 2.50. The lowest BCUT2D eigenvalue weighted by molar-refractivity contribution is 0.439. The molecule has 76 valence electrons. The molecule has 2 nitrogen and oxygen atoms in total. The van der Waals surface area contributed by atoms with Crippen molar-refractivity contribution in [3.63, 3.8) is 0 Å². The van der Waals surface area contributed by atoms with Crippen LogP contribution in [0.4, 0.5) is 0 Å². The highest BCUT2D eigenvalue weighted by atomic mass is 79.9. The first-order valence-electron chi connectivity index (χ1n) is 4.65. The molecule has 3 N–H and O–H groups in total. The first-order chi connectivity index (χ1) is 6.37. The lowest BCUT2D eigenvalue weighted by Gasteiger charge is -2.16. The standard InChI is InChI=1S/C11H14BrNO/c1-10(2)6-11(10,13)8-4-3-7(12)5-9(8)14/h3-5,14H,6,13H2,1-2H3. The lowest BCUT2D eigenvalue weighted by atomic mass is 9.96. The molecule has 1 aliphatic carbocycles. The molecule has 0 bridgehead atoms. The van der Waals surface area contributed by atoms with E-state index in [2.05, 4.69) is 29.8 Å². The van der Waals surface area contributed by atoms with Gasteiger partial charge in [-0.25, -0.2) is 0 Å². The fourth-order valence-corrected chi connectivity index (χ4v) is 2.34. The molecular formula is C11H14BrNO. The van der Waals surface area contributed by atoms with Gasteiger partial charge in [0.2, 0.25) is 0 Å². The Hall–Kier alpha value is -0.540. The van der Waals surface area contributed by atoms with Gasteiger partial charge in [-0.1, -0.05) is 35.8 Å². The number of hydrogen-bond acceptors (Lipinski definition) is 2. The maximum Gasteiger partial charge on any atom is 0.121 e. The van der Waals surface area contributed by atoms with E-state index in [0.717, 1.165) is 16.5 Å². The molecule has 0 aromatic heterocycles. The smallest absolute Gasteiger partial charge is 0.121 e. The number of hydrogen-bond donors (Lipinski definition) is 2. The first kappa shape index (κ1) is 9.99. The summed E-state index contributed by atoms with van der Waals surface area (Å²) in [5, 5.41) is 9.79. The predicted molar refractivity (Wildman–Crippen MR) is 60.1 cm³/mol. The lowest BCUT2D eigenvalue weighted by Crippen LogP contribution is -2.25. The minimum absolute atomic E-state index is 0.0955. The zero-order valence-electron chi connectivity index (χ0n) is 8.34. The van der Waals surface area contributed by atoms with Crippen LogP contribution in [-0.2, 0) is 5.54 Å². The van der Waals surface area contributed by atoms with Crippen molar-refractivity contribution in [1.29, 1.82) is 0 Å². The molecule has 0 saturated heterocycles. The van der Waals surface area contributed by atoms with Crippen molar-refractivity contribution in [3.05, 3.63) is 28.2 Å². The molecule has 3 heteroatoms. The van der Waals surface area contributed by atoms with Gasteiger partial charge in [-0.3, -0.25) is 0 Å². The van der Waals surface area contributed by atoms with E-state index in [9.17, 15) is 5.11 Å². The van der Waals surface area contributed by atoms with Gasteiger partial charge < -0.3 is 10.8 Å². The van der Waals surface area contributed by atoms with Gasteiger partial charge in [-0.05, 0) is 24.0 Å². The van der Waals surface area contributed by atoms with Crippen molar-refractivity contribution in [1.82, 2.24) is 0 Å². The topological polar surface area (TPSA) is 46.2 Å². The second-order valence-electron chi connectivity index (χ2n) is 4.69. The number of nitrogens with two attached hydrogens (primary N) is 1. The van der Waals surface area contributed by atoms with Crippen LogP contribution in [0.1, 0.15) is 25.8 Å². The Kier molecular flexibility index (Phi) is 1.95. The second-order valence-corrected chi connectivity index (χ2v) is 5.61. The van der Waals surface area contributed by atoms with E-state index >= 15 is 0 Å². The van der Waals surface area contributed by atoms with E-state index in [-0.39, 0.29) is 16.7 Å². The van der Waals surface area contributed by atoms with E-state index in [1.807, 2.05) is 12.1 Å². The molecule has 0 amide bonds. The Morgan fingerprint density at radius 3 is 2.43 bits per heavy atom. The van der Waals surface area contributed by atoms with Gasteiger partial charge in [0, 0.05) is 10.0 Å². The Labute approximate surface area is 92.3 Å². The fourth-order valence-electron chi connectivity index (χ4n) is 1.99. The molecular weight excluding hydrogens is 242 g/mol. The Morgan fingerprint density at radius 1 is 1.43 bits per heavy atom. The molecule has 1 unspecified atom stereocenters. The quantitative estimate of drug-likeness (QED) is 0.811. The fraction of sp³-hybridized carbons (Fsp3) is 0.455. The van der Waals surface area contributed by atoms with E-state index in [0.29, 0.717) is 0 Å². The van der Waals surface area contributed by atoms with Crippen LogP contribution in [0.15, 0.2) is 22.7 Å². The molecule has 0 spiro atoms. The zero-order chi connectivity index (χ0) is 10.6. The van der Waals surface area contributed by atoms with Gasteiger partial charge in [-0.2, -0.15) is 0 Å². The van der Waals surface area contributed by atoms with Crippen LogP contribution in [-0.4, -0.2) is 5.11 Å². The molecule has 0 aliphatic heterocycles. The van der Waals surface area contributed by atoms with Crippen molar-refractivity contribution >= 4 is 15.9 Å². The highest BCUT2D eigenvalue weighted by Crippen LogP contribution is 2.61. The first-order valence-corrected chi connectivity index (χ1v) is 5.44. The average molecular weight is 256 g/mol. The number of phenols is 1. The third kappa shape index (κ3) is 1.27. The second kappa shape index (κ2) is 2.74. The van der Waals surface area contributed by atoms with Crippen LogP contribution in [0.3, 0.4) is 0 Å². The highest BCUT2D eigenvalue weighted by molar-refractivity contribution is 9.10. The van der Waals surface area contributed by atoms with Gasteiger partial charge in [0.1, 0.15) is 5.75 Å². The number of benzene rings is 1. The summed E-state index contributed by atoms with van der Waals surface area (Å²) in [6.45, 7) is 4.24. The summed E-state index contributed by atoms with van der Waals surface area (Å²) in [6.07, 6.45) is 0.926. The Bertz CT molecular complexity index is 389. The predicted octanol–water partition coefficient (Wildman–Crippen LogP) is 2.74. The van der Waals surface area contributed by atoms with Crippen LogP contribution in [0, 0.1) is 5.41 Å². The number of aromatic hydroxyl groups is 1. The summed E-state index contributed by atoms with van der Waals surface area (Å²) in [4.78, 5) is 0. The zero-order valence-corrected chi connectivity index (χ0v) is 9.93. The minimum Gasteiger partial charge on any atom is -0.508 e. The molecule has 1 aromatic carbocycles. The molecule has 1 aromatic rings. The molecule has 0 heterocycles. The Balaban J connectivity index is 2.45. The maximum atomic E-state index is 9.79. The molecule has 1 fully saturated rings. The molecule has 1 aliphatic rings. The third-order valence-corrected chi connectivity index (χ3v) is 3.74. The normalized spacial score (nSPS) is 28.9. The van der Waals surface area contributed by atoms with Crippen LogP contribution < -0.4 is 5.73 Å².